The van der Waals surface area contributed by atoms with Gasteiger partial charge < -0.3 is 20.4 Å². The fourth-order valence-electron chi connectivity index (χ4n) is 3.45. The van der Waals surface area contributed by atoms with Crippen LogP contribution in [0, 0.1) is 0 Å². The van der Waals surface area contributed by atoms with E-state index in [4.69, 9.17) is 0 Å². The van der Waals surface area contributed by atoms with Gasteiger partial charge in [-0.15, -0.1) is 0 Å². The highest BCUT2D eigenvalue weighted by Gasteiger charge is 2.23. The minimum Gasteiger partial charge on any atom is -0.343 e. The highest BCUT2D eigenvalue weighted by Crippen LogP contribution is 2.14. The van der Waals surface area contributed by atoms with Crippen molar-refractivity contribution in [1.29, 1.82) is 0 Å². The van der Waals surface area contributed by atoms with Gasteiger partial charge in [-0.3, -0.25) is 19.2 Å². The van der Waals surface area contributed by atoms with Crippen molar-refractivity contribution in [2.45, 2.75) is 13.3 Å². The van der Waals surface area contributed by atoms with Gasteiger partial charge in [0, 0.05) is 49.9 Å². The van der Waals surface area contributed by atoms with Crippen LogP contribution >= 0.6 is 0 Å². The Morgan fingerprint density at radius 3 is 2.26 bits per heavy atom. The highest BCUT2D eigenvalue weighted by atomic mass is 16.2. The molecule has 0 aliphatic carbocycles. The Hall–Kier alpha value is -3.68. The number of nitrogens with one attached hydrogen (secondary N) is 2. The second-order valence-electron chi connectivity index (χ2n) is 7.34. The van der Waals surface area contributed by atoms with Crippen LogP contribution in [0.3, 0.4) is 0 Å². The summed E-state index contributed by atoms with van der Waals surface area (Å²) in [5, 5.41) is 5.33. The first-order chi connectivity index (χ1) is 14.9. The molecule has 8 heteroatoms. The van der Waals surface area contributed by atoms with Gasteiger partial charge in [0.05, 0.1) is 6.54 Å². The number of hydrogen-bond donors (Lipinski definition) is 2. The maximum absolute atomic E-state index is 12.9. The van der Waals surface area contributed by atoms with Crippen LogP contribution in [0.4, 0.5) is 5.69 Å². The van der Waals surface area contributed by atoms with E-state index in [1.165, 1.54) is 6.92 Å². The maximum atomic E-state index is 12.9. The van der Waals surface area contributed by atoms with E-state index in [9.17, 15) is 19.2 Å². The van der Waals surface area contributed by atoms with E-state index < -0.39 is 0 Å². The Kier molecular flexibility index (Phi) is 7.37. The number of carbonyl (C=O) groups is 4. The van der Waals surface area contributed by atoms with Crippen molar-refractivity contribution < 1.29 is 19.2 Å². The van der Waals surface area contributed by atoms with E-state index in [2.05, 4.69) is 10.6 Å². The summed E-state index contributed by atoms with van der Waals surface area (Å²) in [6, 6.07) is 15.5. The molecule has 31 heavy (non-hydrogen) atoms. The SMILES string of the molecule is CC(=O)Nc1cccc(C(=O)N2CCCN(C(=O)CNC(=O)c3ccccc3)CC2)c1. The largest absolute Gasteiger partial charge is 0.343 e. The van der Waals surface area contributed by atoms with Crippen molar-refractivity contribution >= 4 is 29.3 Å². The summed E-state index contributed by atoms with van der Waals surface area (Å²) < 4.78 is 0. The molecule has 4 amide bonds. The van der Waals surface area contributed by atoms with Gasteiger partial charge in [-0.05, 0) is 36.8 Å². The van der Waals surface area contributed by atoms with Gasteiger partial charge in [-0.25, -0.2) is 0 Å². The van der Waals surface area contributed by atoms with Crippen molar-refractivity contribution in [2.24, 2.45) is 0 Å². The van der Waals surface area contributed by atoms with Crippen molar-refractivity contribution in [3.05, 3.63) is 65.7 Å². The van der Waals surface area contributed by atoms with E-state index in [-0.39, 0.29) is 30.2 Å². The first-order valence-electron chi connectivity index (χ1n) is 10.2. The minimum atomic E-state index is -0.292. The number of benzene rings is 2. The molecule has 0 bridgehead atoms. The molecule has 1 aliphatic heterocycles. The number of carbonyl (C=O) groups excluding carboxylic acids is 4. The molecule has 0 aromatic heterocycles. The van der Waals surface area contributed by atoms with Crippen LogP contribution in [0.25, 0.3) is 0 Å². The third-order valence-corrected chi connectivity index (χ3v) is 5.00. The topological polar surface area (TPSA) is 98.8 Å². The van der Waals surface area contributed by atoms with E-state index >= 15 is 0 Å². The van der Waals surface area contributed by atoms with Gasteiger partial charge >= 0.3 is 0 Å². The van der Waals surface area contributed by atoms with Crippen LogP contribution < -0.4 is 10.6 Å². The lowest BCUT2D eigenvalue weighted by Crippen LogP contribution is -2.42. The lowest BCUT2D eigenvalue weighted by atomic mass is 10.1. The average molecular weight is 422 g/mol. The van der Waals surface area contributed by atoms with Crippen LogP contribution in [-0.4, -0.2) is 66.2 Å². The third-order valence-electron chi connectivity index (χ3n) is 5.00. The summed E-state index contributed by atoms with van der Waals surface area (Å²) >= 11 is 0. The van der Waals surface area contributed by atoms with Crippen molar-refractivity contribution in [1.82, 2.24) is 15.1 Å². The fraction of sp³-hybridized carbons (Fsp3) is 0.304. The van der Waals surface area contributed by atoms with E-state index in [0.717, 1.165) is 0 Å². The Morgan fingerprint density at radius 1 is 0.839 bits per heavy atom. The molecule has 0 spiro atoms. The normalized spacial score (nSPS) is 13.8. The second kappa shape index (κ2) is 10.4. The zero-order valence-corrected chi connectivity index (χ0v) is 17.5. The smallest absolute Gasteiger partial charge is 0.253 e. The Labute approximate surface area is 181 Å². The van der Waals surface area contributed by atoms with Crippen LogP contribution in [0.2, 0.25) is 0 Å². The number of amides is 4. The summed E-state index contributed by atoms with van der Waals surface area (Å²) in [6.07, 6.45) is 0.648. The first kappa shape index (κ1) is 22.0. The molecular weight excluding hydrogens is 396 g/mol. The van der Waals surface area contributed by atoms with Crippen LogP contribution in [0.15, 0.2) is 54.6 Å². The van der Waals surface area contributed by atoms with E-state index in [0.29, 0.717) is 49.4 Å². The minimum absolute atomic E-state index is 0.0829. The predicted molar refractivity (Wildman–Crippen MR) is 117 cm³/mol. The zero-order valence-electron chi connectivity index (χ0n) is 17.5. The fourth-order valence-corrected chi connectivity index (χ4v) is 3.45. The maximum Gasteiger partial charge on any atom is 0.253 e. The molecule has 0 atom stereocenters. The summed E-state index contributed by atoms with van der Waals surface area (Å²) in [5.41, 5.74) is 1.56. The van der Waals surface area contributed by atoms with Gasteiger partial charge in [0.15, 0.2) is 0 Å². The molecule has 0 unspecified atom stereocenters. The number of anilines is 1. The lowest BCUT2D eigenvalue weighted by Gasteiger charge is -2.22. The summed E-state index contributed by atoms with van der Waals surface area (Å²) in [6.45, 7) is 3.19. The molecule has 0 radical (unpaired) electrons. The molecule has 1 heterocycles. The van der Waals surface area contributed by atoms with E-state index in [1.54, 1.807) is 58.3 Å². The first-order valence-corrected chi connectivity index (χ1v) is 10.2. The molecule has 1 aliphatic rings. The molecule has 3 rings (SSSR count). The molecule has 2 N–H and O–H groups in total. The average Bonchev–Trinajstić information content (AvgIpc) is 3.03. The van der Waals surface area contributed by atoms with Gasteiger partial charge in [-0.2, -0.15) is 0 Å². The molecule has 1 saturated heterocycles. The van der Waals surface area contributed by atoms with Crippen LogP contribution in [-0.2, 0) is 9.59 Å². The molecule has 1 fully saturated rings. The van der Waals surface area contributed by atoms with Crippen molar-refractivity contribution in [3.8, 4) is 0 Å². The molecule has 0 saturated carbocycles. The Balaban J connectivity index is 1.54. The van der Waals surface area contributed by atoms with Gasteiger partial charge in [-0.1, -0.05) is 24.3 Å². The van der Waals surface area contributed by atoms with Gasteiger partial charge in [0.25, 0.3) is 11.8 Å². The van der Waals surface area contributed by atoms with Crippen LogP contribution in [0.1, 0.15) is 34.1 Å². The standard InChI is InChI=1S/C23H26N4O4/c1-17(28)25-20-10-5-9-19(15-20)23(31)27-12-6-11-26(13-14-27)21(29)16-24-22(30)18-7-3-2-4-8-18/h2-5,7-10,15H,6,11-14,16H2,1H3,(H,24,30)(H,25,28). The lowest BCUT2D eigenvalue weighted by molar-refractivity contribution is -0.130. The Morgan fingerprint density at radius 2 is 1.52 bits per heavy atom. The summed E-state index contributed by atoms with van der Waals surface area (Å²) in [5.74, 6) is -0.808. The molecule has 162 valence electrons. The number of rotatable bonds is 5. The quantitative estimate of drug-likeness (QED) is 0.767. The van der Waals surface area contributed by atoms with Gasteiger partial charge in [0.2, 0.25) is 11.8 Å². The molecule has 2 aromatic carbocycles. The molecule has 8 nitrogen and oxygen atoms in total. The van der Waals surface area contributed by atoms with Crippen molar-refractivity contribution in [3.63, 3.8) is 0 Å². The number of nitrogens with zero attached hydrogens (tertiary/aromatic N) is 2. The molecule has 2 aromatic rings. The summed E-state index contributed by atoms with van der Waals surface area (Å²) in [4.78, 5) is 52.2. The predicted octanol–water partition coefficient (Wildman–Crippen LogP) is 1.75. The zero-order chi connectivity index (χ0) is 22.2. The monoisotopic (exact) mass is 422 g/mol. The summed E-state index contributed by atoms with van der Waals surface area (Å²) in [7, 11) is 0. The highest BCUT2D eigenvalue weighted by molar-refractivity contribution is 5.97. The second-order valence-corrected chi connectivity index (χ2v) is 7.34. The third kappa shape index (κ3) is 6.15. The molecular formula is C23H26N4O4. The van der Waals surface area contributed by atoms with Crippen LogP contribution in [0.5, 0.6) is 0 Å². The van der Waals surface area contributed by atoms with E-state index in [1.807, 2.05) is 6.07 Å². The Bertz CT molecular complexity index is 961. The van der Waals surface area contributed by atoms with Gasteiger partial charge in [0.1, 0.15) is 0 Å². The van der Waals surface area contributed by atoms with Crippen molar-refractivity contribution in [2.75, 3.05) is 38.0 Å². The number of hydrogen-bond acceptors (Lipinski definition) is 4.